The maximum absolute atomic E-state index is 14.0. The first-order valence-corrected chi connectivity index (χ1v) is 6.37. The molecule has 1 nitrogen and oxygen atoms in total. The lowest BCUT2D eigenvalue weighted by atomic mass is 10.0. The van der Waals surface area contributed by atoms with Crippen molar-refractivity contribution in [3.05, 3.63) is 59.2 Å². The van der Waals surface area contributed by atoms with Crippen LogP contribution in [0.2, 0.25) is 0 Å². The van der Waals surface area contributed by atoms with Crippen molar-refractivity contribution in [2.75, 3.05) is 6.54 Å². The van der Waals surface area contributed by atoms with Crippen molar-refractivity contribution in [3.8, 4) is 11.1 Å². The second-order valence-corrected chi connectivity index (χ2v) is 4.56. The topological polar surface area (TPSA) is 12.0 Å². The highest BCUT2D eigenvalue weighted by molar-refractivity contribution is 5.65. The molecule has 0 atom stereocenters. The summed E-state index contributed by atoms with van der Waals surface area (Å²) in [5.74, 6) is -0.632. The van der Waals surface area contributed by atoms with Crippen LogP contribution in [0.5, 0.6) is 0 Å². The Morgan fingerprint density at radius 1 is 1.00 bits per heavy atom. The van der Waals surface area contributed by atoms with Crippen molar-refractivity contribution < 1.29 is 8.78 Å². The van der Waals surface area contributed by atoms with Gasteiger partial charge in [0.2, 0.25) is 0 Å². The van der Waals surface area contributed by atoms with Crippen molar-refractivity contribution in [2.24, 2.45) is 0 Å². The van der Waals surface area contributed by atoms with Crippen molar-refractivity contribution in [1.29, 1.82) is 0 Å². The van der Waals surface area contributed by atoms with Crippen molar-refractivity contribution >= 4 is 0 Å². The summed E-state index contributed by atoms with van der Waals surface area (Å²) in [6, 6.07) is 9.83. The number of hydrogen-bond donors (Lipinski definition) is 1. The van der Waals surface area contributed by atoms with Crippen LogP contribution in [0.4, 0.5) is 8.78 Å². The fraction of sp³-hybridized carbons (Fsp3) is 0.250. The zero-order valence-electron chi connectivity index (χ0n) is 11.1. The van der Waals surface area contributed by atoms with Crippen LogP contribution in [0, 0.1) is 18.6 Å². The fourth-order valence-corrected chi connectivity index (χ4v) is 1.93. The molecule has 2 rings (SSSR count). The van der Waals surface area contributed by atoms with Crippen LogP contribution in [0.3, 0.4) is 0 Å². The lowest BCUT2D eigenvalue weighted by Crippen LogP contribution is -2.11. The molecular weight excluding hydrogens is 244 g/mol. The molecule has 0 aliphatic carbocycles. The van der Waals surface area contributed by atoms with Gasteiger partial charge in [-0.15, -0.1) is 0 Å². The zero-order chi connectivity index (χ0) is 13.8. The van der Waals surface area contributed by atoms with Gasteiger partial charge in [-0.2, -0.15) is 0 Å². The van der Waals surface area contributed by atoms with Gasteiger partial charge in [-0.05, 0) is 42.3 Å². The minimum absolute atomic E-state index is 0.311. The molecule has 2 aromatic carbocycles. The van der Waals surface area contributed by atoms with Gasteiger partial charge in [0, 0.05) is 12.1 Å². The summed E-state index contributed by atoms with van der Waals surface area (Å²) in [7, 11) is 0. The van der Waals surface area contributed by atoms with Crippen LogP contribution in [0.15, 0.2) is 36.4 Å². The Bertz CT molecular complexity index is 579. The predicted octanol–water partition coefficient (Wildman–Crippen LogP) is 4.05. The van der Waals surface area contributed by atoms with Crippen LogP contribution < -0.4 is 5.32 Å². The van der Waals surface area contributed by atoms with Gasteiger partial charge in [0.1, 0.15) is 11.6 Å². The van der Waals surface area contributed by atoms with E-state index >= 15 is 0 Å². The number of hydrogen-bond acceptors (Lipinski definition) is 1. The molecule has 19 heavy (non-hydrogen) atoms. The molecule has 0 bridgehead atoms. The molecule has 0 aromatic heterocycles. The Hall–Kier alpha value is -1.74. The zero-order valence-corrected chi connectivity index (χ0v) is 11.1. The van der Waals surface area contributed by atoms with E-state index in [0.29, 0.717) is 23.2 Å². The van der Waals surface area contributed by atoms with Gasteiger partial charge in [-0.3, -0.25) is 0 Å². The molecule has 0 spiro atoms. The first-order chi connectivity index (χ1) is 9.11. The molecular formula is C16H17F2N. The molecule has 0 aliphatic rings. The monoisotopic (exact) mass is 261 g/mol. The minimum Gasteiger partial charge on any atom is -0.313 e. The molecule has 0 heterocycles. The van der Waals surface area contributed by atoms with E-state index in [4.69, 9.17) is 0 Å². The molecule has 2 aromatic rings. The second kappa shape index (κ2) is 5.93. The summed E-state index contributed by atoms with van der Waals surface area (Å²) in [6.07, 6.45) is 0. The number of halogens is 2. The third kappa shape index (κ3) is 3.18. The highest BCUT2D eigenvalue weighted by Crippen LogP contribution is 2.25. The minimum atomic E-state index is -0.321. The van der Waals surface area contributed by atoms with E-state index < -0.39 is 0 Å². The number of nitrogens with one attached hydrogen (secondary N) is 1. The first kappa shape index (κ1) is 13.7. The Kier molecular flexibility index (Phi) is 4.27. The summed E-state index contributed by atoms with van der Waals surface area (Å²) in [5.41, 5.74) is 2.44. The van der Waals surface area contributed by atoms with E-state index in [2.05, 4.69) is 5.32 Å². The maximum Gasteiger partial charge on any atom is 0.131 e. The van der Waals surface area contributed by atoms with Gasteiger partial charge in [-0.25, -0.2) is 8.78 Å². The van der Waals surface area contributed by atoms with Gasteiger partial charge in [-0.1, -0.05) is 31.2 Å². The summed E-state index contributed by atoms with van der Waals surface area (Å²) >= 11 is 0. The lowest BCUT2D eigenvalue weighted by molar-refractivity contribution is 0.616. The smallest absolute Gasteiger partial charge is 0.131 e. The number of aryl methyl sites for hydroxylation is 1. The fourth-order valence-electron chi connectivity index (χ4n) is 1.93. The molecule has 3 heteroatoms. The van der Waals surface area contributed by atoms with Crippen molar-refractivity contribution in [1.82, 2.24) is 5.32 Å². The second-order valence-electron chi connectivity index (χ2n) is 4.56. The quantitative estimate of drug-likeness (QED) is 0.875. The van der Waals surface area contributed by atoms with Gasteiger partial charge in [0.15, 0.2) is 0 Å². The van der Waals surface area contributed by atoms with Crippen LogP contribution in [0.25, 0.3) is 11.1 Å². The SMILES string of the molecule is CCNCc1ccc(-c2ccc(C)c(F)c2)c(F)c1. The Labute approximate surface area is 112 Å². The number of rotatable bonds is 4. The summed E-state index contributed by atoms with van der Waals surface area (Å²) in [4.78, 5) is 0. The highest BCUT2D eigenvalue weighted by Gasteiger charge is 2.08. The van der Waals surface area contributed by atoms with Crippen LogP contribution in [-0.4, -0.2) is 6.54 Å². The number of benzene rings is 2. The van der Waals surface area contributed by atoms with Crippen LogP contribution in [-0.2, 0) is 6.54 Å². The molecule has 0 radical (unpaired) electrons. The van der Waals surface area contributed by atoms with Gasteiger partial charge in [0.25, 0.3) is 0 Å². The van der Waals surface area contributed by atoms with Crippen molar-refractivity contribution in [2.45, 2.75) is 20.4 Å². The van der Waals surface area contributed by atoms with E-state index in [9.17, 15) is 8.78 Å². The largest absolute Gasteiger partial charge is 0.313 e. The van der Waals surface area contributed by atoms with Crippen LogP contribution >= 0.6 is 0 Å². The van der Waals surface area contributed by atoms with E-state index in [0.717, 1.165) is 12.1 Å². The third-order valence-electron chi connectivity index (χ3n) is 3.10. The predicted molar refractivity (Wildman–Crippen MR) is 73.9 cm³/mol. The standard InChI is InChI=1S/C16H17F2N/c1-3-19-10-12-5-7-14(16(18)8-12)13-6-4-11(2)15(17)9-13/h4-9,19H,3,10H2,1-2H3. The molecule has 0 fully saturated rings. The average Bonchev–Trinajstić information content (AvgIpc) is 2.40. The summed E-state index contributed by atoms with van der Waals surface area (Å²) < 4.78 is 27.6. The average molecular weight is 261 g/mol. The van der Waals surface area contributed by atoms with E-state index in [-0.39, 0.29) is 11.6 Å². The van der Waals surface area contributed by atoms with Gasteiger partial charge in [0.05, 0.1) is 0 Å². The summed E-state index contributed by atoms with van der Waals surface area (Å²) in [6.45, 7) is 5.16. The molecule has 1 N–H and O–H groups in total. The molecule has 0 saturated heterocycles. The molecule has 0 aliphatic heterocycles. The van der Waals surface area contributed by atoms with Crippen LogP contribution in [0.1, 0.15) is 18.1 Å². The van der Waals surface area contributed by atoms with E-state index in [1.54, 1.807) is 25.1 Å². The normalized spacial score (nSPS) is 10.7. The van der Waals surface area contributed by atoms with E-state index in [1.807, 2.05) is 13.0 Å². The molecule has 0 amide bonds. The van der Waals surface area contributed by atoms with E-state index in [1.165, 1.54) is 12.1 Å². The Morgan fingerprint density at radius 3 is 2.42 bits per heavy atom. The van der Waals surface area contributed by atoms with Gasteiger partial charge < -0.3 is 5.32 Å². The molecule has 0 unspecified atom stereocenters. The van der Waals surface area contributed by atoms with Crippen molar-refractivity contribution in [3.63, 3.8) is 0 Å². The molecule has 0 saturated carbocycles. The Morgan fingerprint density at radius 2 is 1.79 bits per heavy atom. The maximum atomic E-state index is 14.0. The first-order valence-electron chi connectivity index (χ1n) is 6.37. The molecule has 100 valence electrons. The highest BCUT2D eigenvalue weighted by atomic mass is 19.1. The third-order valence-corrected chi connectivity index (χ3v) is 3.10. The van der Waals surface area contributed by atoms with Gasteiger partial charge >= 0.3 is 0 Å². The summed E-state index contributed by atoms with van der Waals surface area (Å²) in [5, 5.41) is 3.14. The lowest BCUT2D eigenvalue weighted by Gasteiger charge is -2.08. The Balaban J connectivity index is 2.32.